The zero-order valence-electron chi connectivity index (χ0n) is 12.7. The fourth-order valence-electron chi connectivity index (χ4n) is 2.47. The number of carbonyl (C=O) groups excluding carboxylic acids is 1. The third-order valence-corrected chi connectivity index (χ3v) is 4.03. The molecule has 1 aliphatic rings. The lowest BCUT2D eigenvalue weighted by Crippen LogP contribution is -2.43. The van der Waals surface area contributed by atoms with Gasteiger partial charge >= 0.3 is 5.97 Å². The molecule has 1 aliphatic heterocycles. The van der Waals surface area contributed by atoms with Crippen LogP contribution in [0.1, 0.15) is 28.5 Å². The molecule has 24 heavy (non-hydrogen) atoms. The lowest BCUT2D eigenvalue weighted by atomic mass is 10.0. The zero-order chi connectivity index (χ0) is 17.3. The number of para-hydroxylation sites is 1. The van der Waals surface area contributed by atoms with Crippen LogP contribution >= 0.6 is 24.4 Å². The van der Waals surface area contributed by atoms with Gasteiger partial charge < -0.3 is 10.1 Å². The van der Waals surface area contributed by atoms with Gasteiger partial charge in [0.15, 0.2) is 5.69 Å². The van der Waals surface area contributed by atoms with Gasteiger partial charge in [-0.2, -0.15) is 9.78 Å². The van der Waals surface area contributed by atoms with E-state index in [1.54, 1.807) is 31.2 Å². The summed E-state index contributed by atoms with van der Waals surface area (Å²) in [6, 6.07) is 8.82. The van der Waals surface area contributed by atoms with Gasteiger partial charge in [-0.05, 0) is 19.1 Å². The fourth-order valence-corrected chi connectivity index (χ4v) is 3.11. The van der Waals surface area contributed by atoms with Gasteiger partial charge in [-0.1, -0.05) is 42.6 Å². The molecule has 3 rings (SSSR count). The van der Waals surface area contributed by atoms with Gasteiger partial charge in [0.1, 0.15) is 4.99 Å². The first kappa shape index (κ1) is 16.4. The van der Waals surface area contributed by atoms with Crippen LogP contribution in [-0.2, 0) is 11.2 Å². The van der Waals surface area contributed by atoms with E-state index in [9.17, 15) is 9.59 Å². The van der Waals surface area contributed by atoms with Gasteiger partial charge in [-0.15, -0.1) is 0 Å². The topological polar surface area (TPSA) is 73.2 Å². The lowest BCUT2D eigenvalue weighted by Gasteiger charge is -2.21. The maximum Gasteiger partial charge on any atom is 0.359 e. The van der Waals surface area contributed by atoms with E-state index in [2.05, 4.69) is 10.4 Å². The van der Waals surface area contributed by atoms with Crippen LogP contribution in [-0.4, -0.2) is 32.3 Å². The fraction of sp³-hybridized carbons (Fsp3) is 0.188. The highest BCUT2D eigenvalue weighted by Gasteiger charge is 2.29. The Morgan fingerprint density at radius 2 is 2.04 bits per heavy atom. The number of hydrogen-bond acceptors (Lipinski definition) is 6. The Balaban J connectivity index is 2.31. The maximum absolute atomic E-state index is 12.8. The van der Waals surface area contributed by atoms with Crippen molar-refractivity contribution in [3.8, 4) is 5.69 Å². The van der Waals surface area contributed by atoms with Crippen LogP contribution in [0.2, 0.25) is 0 Å². The number of hydrogen-bond donors (Lipinski definition) is 1. The number of nitrogens with one attached hydrogen (secondary N) is 1. The van der Waals surface area contributed by atoms with Crippen molar-refractivity contribution >= 4 is 40.4 Å². The number of fused-ring (bicyclic) bond motifs is 1. The molecule has 0 spiro atoms. The first-order valence-electron chi connectivity index (χ1n) is 7.26. The summed E-state index contributed by atoms with van der Waals surface area (Å²) >= 11 is 10.4. The second-order valence-corrected chi connectivity index (χ2v) is 5.93. The average Bonchev–Trinajstić information content (AvgIpc) is 2.55. The predicted octanol–water partition coefficient (Wildman–Crippen LogP) is 1.56. The molecule has 1 N–H and O–H groups in total. The van der Waals surface area contributed by atoms with Gasteiger partial charge in [0, 0.05) is 12.0 Å². The maximum atomic E-state index is 12.8. The van der Waals surface area contributed by atoms with Crippen LogP contribution in [0.15, 0.2) is 35.1 Å². The Morgan fingerprint density at radius 1 is 1.33 bits per heavy atom. The van der Waals surface area contributed by atoms with Crippen molar-refractivity contribution in [1.29, 1.82) is 0 Å². The average molecular weight is 359 g/mol. The number of benzene rings is 1. The number of rotatable bonds is 3. The van der Waals surface area contributed by atoms with E-state index in [0.29, 0.717) is 16.2 Å². The summed E-state index contributed by atoms with van der Waals surface area (Å²) in [5.41, 5.74) is 0.845. The number of ether oxygens (including phenoxy) is 1. The molecule has 0 amide bonds. The summed E-state index contributed by atoms with van der Waals surface area (Å²) in [5.74, 6) is -0.606. The third kappa shape index (κ3) is 2.85. The quantitative estimate of drug-likeness (QED) is 0.658. The largest absolute Gasteiger partial charge is 0.461 e. The molecule has 0 saturated carbocycles. The molecule has 8 heteroatoms. The minimum Gasteiger partial charge on any atom is -0.461 e. The number of carbonyl (C=O) groups is 1. The minimum atomic E-state index is -0.606. The van der Waals surface area contributed by atoms with Crippen LogP contribution < -0.4 is 10.9 Å². The normalized spacial score (nSPS) is 13.2. The molecule has 1 aromatic heterocycles. The summed E-state index contributed by atoms with van der Waals surface area (Å²) in [6.45, 7) is 1.90. The van der Waals surface area contributed by atoms with E-state index < -0.39 is 11.5 Å². The first-order chi connectivity index (χ1) is 11.5. The Labute approximate surface area is 148 Å². The van der Waals surface area contributed by atoms with Crippen LogP contribution in [0.3, 0.4) is 0 Å². The predicted molar refractivity (Wildman–Crippen MR) is 96.9 cm³/mol. The molecule has 0 atom stereocenters. The highest BCUT2D eigenvalue weighted by atomic mass is 32.1. The molecule has 2 aromatic rings. The van der Waals surface area contributed by atoms with Crippen molar-refractivity contribution in [2.45, 2.75) is 13.3 Å². The third-order valence-electron chi connectivity index (χ3n) is 3.48. The van der Waals surface area contributed by atoms with Crippen molar-refractivity contribution in [1.82, 2.24) is 15.1 Å². The SMILES string of the molecule is CCOC(=O)c1nn(-c2ccccc2)c(=O)c2c1CC(=S)NC2=S. The Morgan fingerprint density at radius 3 is 2.71 bits per heavy atom. The summed E-state index contributed by atoms with van der Waals surface area (Å²) in [5, 5.41) is 7.05. The van der Waals surface area contributed by atoms with Gasteiger partial charge in [0.05, 0.1) is 22.8 Å². The Hall–Kier alpha value is -2.45. The van der Waals surface area contributed by atoms with Crippen LogP contribution in [0.5, 0.6) is 0 Å². The van der Waals surface area contributed by atoms with E-state index in [1.807, 2.05) is 6.07 Å². The molecule has 122 valence electrons. The Bertz CT molecular complexity index is 907. The molecule has 0 unspecified atom stereocenters. The molecule has 0 fully saturated rings. The molecule has 0 aliphatic carbocycles. The van der Waals surface area contributed by atoms with E-state index in [0.717, 1.165) is 4.68 Å². The van der Waals surface area contributed by atoms with Crippen molar-refractivity contribution in [2.24, 2.45) is 0 Å². The van der Waals surface area contributed by atoms with Crippen molar-refractivity contribution in [2.75, 3.05) is 6.61 Å². The van der Waals surface area contributed by atoms with E-state index >= 15 is 0 Å². The molecule has 2 heterocycles. The van der Waals surface area contributed by atoms with Crippen molar-refractivity contribution in [3.05, 3.63) is 57.5 Å². The zero-order valence-corrected chi connectivity index (χ0v) is 14.4. The summed E-state index contributed by atoms with van der Waals surface area (Å²) in [4.78, 5) is 25.8. The highest BCUT2D eigenvalue weighted by molar-refractivity contribution is 7.82. The van der Waals surface area contributed by atoms with Gasteiger partial charge in [0.2, 0.25) is 0 Å². The first-order valence-corrected chi connectivity index (χ1v) is 8.07. The molecule has 0 bridgehead atoms. The van der Waals surface area contributed by atoms with E-state index in [4.69, 9.17) is 29.2 Å². The lowest BCUT2D eigenvalue weighted by molar-refractivity contribution is 0.0516. The number of nitrogens with zero attached hydrogens (tertiary/aromatic N) is 2. The molecular weight excluding hydrogens is 346 g/mol. The second kappa shape index (κ2) is 6.58. The number of aromatic nitrogens is 2. The molecule has 0 radical (unpaired) electrons. The smallest absolute Gasteiger partial charge is 0.359 e. The molecular formula is C16H13N3O3S2. The summed E-state index contributed by atoms with van der Waals surface area (Å²) in [7, 11) is 0. The molecule has 6 nitrogen and oxygen atoms in total. The summed E-state index contributed by atoms with van der Waals surface area (Å²) in [6.07, 6.45) is 0.219. The van der Waals surface area contributed by atoms with Gasteiger partial charge in [-0.3, -0.25) is 4.79 Å². The number of thiocarbonyl (C=S) groups is 2. The Kier molecular flexibility index (Phi) is 4.50. The van der Waals surface area contributed by atoms with E-state index in [-0.39, 0.29) is 29.3 Å². The van der Waals surface area contributed by atoms with E-state index in [1.165, 1.54) is 0 Å². The van der Waals surface area contributed by atoms with Crippen LogP contribution in [0, 0.1) is 0 Å². The van der Waals surface area contributed by atoms with Crippen LogP contribution in [0.25, 0.3) is 5.69 Å². The minimum absolute atomic E-state index is 0.0569. The van der Waals surface area contributed by atoms with Crippen LogP contribution in [0.4, 0.5) is 0 Å². The van der Waals surface area contributed by atoms with Gasteiger partial charge in [-0.25, -0.2) is 4.79 Å². The molecule has 0 saturated heterocycles. The second-order valence-electron chi connectivity index (χ2n) is 5.03. The monoisotopic (exact) mass is 359 g/mol. The standard InChI is InChI=1S/C16H13N3O3S2/c1-2-22-16(21)13-10-8-11(23)17-14(24)12(10)15(20)19(18-13)9-6-4-3-5-7-9/h3-7H,2,8H2,1H3,(H,17,23,24). The summed E-state index contributed by atoms with van der Waals surface area (Å²) < 4.78 is 6.23. The highest BCUT2D eigenvalue weighted by Crippen LogP contribution is 2.18. The number of esters is 1. The molecule has 1 aromatic carbocycles. The van der Waals surface area contributed by atoms with Crippen molar-refractivity contribution < 1.29 is 9.53 Å². The van der Waals surface area contributed by atoms with Gasteiger partial charge in [0.25, 0.3) is 5.56 Å². The van der Waals surface area contributed by atoms with Crippen molar-refractivity contribution in [3.63, 3.8) is 0 Å².